The molecule has 0 unspecified atom stereocenters. The summed E-state index contributed by atoms with van der Waals surface area (Å²) < 4.78 is 42.3. The molecule has 0 spiro atoms. The Morgan fingerprint density at radius 3 is 2.54 bits per heavy atom. The summed E-state index contributed by atoms with van der Waals surface area (Å²) in [5.74, 6) is 0.782. The van der Waals surface area contributed by atoms with Gasteiger partial charge in [-0.25, -0.2) is 4.98 Å². The molecule has 26 heavy (non-hydrogen) atoms. The first kappa shape index (κ1) is 18.5. The van der Waals surface area contributed by atoms with Gasteiger partial charge in [0.2, 0.25) is 0 Å². The maximum absolute atomic E-state index is 13.7. The Labute approximate surface area is 154 Å². The number of fused-ring (bicyclic) bond motifs is 1. The van der Waals surface area contributed by atoms with Crippen molar-refractivity contribution in [1.29, 1.82) is 0 Å². The normalized spacial score (nSPS) is 12.2. The van der Waals surface area contributed by atoms with Crippen LogP contribution in [0.3, 0.4) is 0 Å². The number of hydrogen-bond acceptors (Lipinski definition) is 3. The third-order valence-corrected chi connectivity index (χ3v) is 4.15. The minimum absolute atomic E-state index is 0.112. The average molecular weight is 383 g/mol. The van der Waals surface area contributed by atoms with Gasteiger partial charge in [-0.15, -0.1) is 0 Å². The summed E-state index contributed by atoms with van der Waals surface area (Å²) in [5, 5.41) is 7.19. The second-order valence-electron chi connectivity index (χ2n) is 6.49. The van der Waals surface area contributed by atoms with Crippen molar-refractivity contribution in [3.05, 3.63) is 46.7 Å². The van der Waals surface area contributed by atoms with Gasteiger partial charge in [-0.3, -0.25) is 0 Å². The lowest BCUT2D eigenvalue weighted by Gasteiger charge is -2.11. The van der Waals surface area contributed by atoms with Crippen LogP contribution in [0.15, 0.2) is 30.3 Å². The quantitative estimate of drug-likeness (QED) is 0.652. The summed E-state index contributed by atoms with van der Waals surface area (Å²) in [4.78, 5) is 4.32. The monoisotopic (exact) mass is 382 g/mol. The molecule has 2 heterocycles. The molecule has 0 fully saturated rings. The highest BCUT2D eigenvalue weighted by molar-refractivity contribution is 6.33. The van der Waals surface area contributed by atoms with Crippen LogP contribution in [-0.2, 0) is 6.18 Å². The number of rotatable bonds is 4. The van der Waals surface area contributed by atoms with Crippen molar-refractivity contribution >= 4 is 23.1 Å². The molecule has 0 atom stereocenters. The van der Waals surface area contributed by atoms with Crippen molar-refractivity contribution in [1.82, 2.24) is 14.6 Å². The maximum Gasteiger partial charge on any atom is 0.435 e. The van der Waals surface area contributed by atoms with Gasteiger partial charge < -0.3 is 5.32 Å². The van der Waals surface area contributed by atoms with Gasteiger partial charge in [-0.1, -0.05) is 43.6 Å². The highest BCUT2D eigenvalue weighted by atomic mass is 35.5. The van der Waals surface area contributed by atoms with Crippen LogP contribution in [0, 0.1) is 12.8 Å². The van der Waals surface area contributed by atoms with E-state index in [4.69, 9.17) is 11.6 Å². The van der Waals surface area contributed by atoms with Gasteiger partial charge in [0.15, 0.2) is 11.3 Å². The average Bonchev–Trinajstić information content (AvgIpc) is 2.92. The van der Waals surface area contributed by atoms with E-state index in [0.29, 0.717) is 24.0 Å². The molecule has 3 aromatic rings. The van der Waals surface area contributed by atoms with Crippen molar-refractivity contribution in [3.63, 3.8) is 0 Å². The molecule has 4 nitrogen and oxygen atoms in total. The van der Waals surface area contributed by atoms with E-state index in [-0.39, 0.29) is 21.8 Å². The smallest absolute Gasteiger partial charge is 0.370 e. The van der Waals surface area contributed by atoms with E-state index in [1.807, 2.05) is 13.8 Å². The first-order valence-electron chi connectivity index (χ1n) is 8.15. The van der Waals surface area contributed by atoms with Gasteiger partial charge in [0.05, 0.1) is 5.56 Å². The Bertz CT molecular complexity index is 947. The van der Waals surface area contributed by atoms with Crippen LogP contribution in [0.4, 0.5) is 19.0 Å². The summed E-state index contributed by atoms with van der Waals surface area (Å²) in [6.07, 6.45) is -4.63. The first-order valence-corrected chi connectivity index (χ1v) is 8.52. The van der Waals surface area contributed by atoms with Crippen LogP contribution in [0.25, 0.3) is 16.8 Å². The van der Waals surface area contributed by atoms with Crippen LogP contribution in [0.5, 0.6) is 0 Å². The number of anilines is 1. The largest absolute Gasteiger partial charge is 0.435 e. The zero-order valence-corrected chi connectivity index (χ0v) is 15.3. The van der Waals surface area contributed by atoms with Gasteiger partial charge in [0.25, 0.3) is 0 Å². The molecule has 0 radical (unpaired) electrons. The van der Waals surface area contributed by atoms with Crippen molar-refractivity contribution in [2.75, 3.05) is 11.9 Å². The van der Waals surface area contributed by atoms with E-state index < -0.39 is 11.9 Å². The topological polar surface area (TPSA) is 42.2 Å². The molecule has 0 amide bonds. The number of hydrogen-bond donors (Lipinski definition) is 1. The van der Waals surface area contributed by atoms with E-state index in [1.54, 1.807) is 37.3 Å². The molecule has 0 saturated carbocycles. The number of halogens is 4. The lowest BCUT2D eigenvalue weighted by atomic mass is 10.1. The summed E-state index contributed by atoms with van der Waals surface area (Å²) in [7, 11) is 0. The number of nitrogens with one attached hydrogen (secondary N) is 1. The van der Waals surface area contributed by atoms with E-state index in [9.17, 15) is 13.2 Å². The Morgan fingerprint density at radius 2 is 1.92 bits per heavy atom. The van der Waals surface area contributed by atoms with Crippen molar-refractivity contribution in [2.45, 2.75) is 26.9 Å². The van der Waals surface area contributed by atoms with Gasteiger partial charge in [-0.05, 0) is 18.9 Å². The highest BCUT2D eigenvalue weighted by Gasteiger charge is 2.39. The van der Waals surface area contributed by atoms with Gasteiger partial charge >= 0.3 is 6.18 Å². The Morgan fingerprint density at radius 1 is 1.23 bits per heavy atom. The lowest BCUT2D eigenvalue weighted by molar-refractivity contribution is -0.140. The molecule has 0 aliphatic rings. The van der Waals surface area contributed by atoms with Crippen molar-refractivity contribution < 1.29 is 13.2 Å². The Kier molecular flexibility index (Phi) is 4.84. The van der Waals surface area contributed by atoms with Crippen molar-refractivity contribution in [3.8, 4) is 11.1 Å². The summed E-state index contributed by atoms with van der Waals surface area (Å²) in [6, 6.07) is 8.07. The fraction of sp³-hybridized carbons (Fsp3) is 0.333. The predicted octanol–water partition coefficient (Wildman–Crippen LogP) is 5.44. The third kappa shape index (κ3) is 3.49. The number of benzene rings is 1. The van der Waals surface area contributed by atoms with Gasteiger partial charge in [0, 0.05) is 28.9 Å². The minimum atomic E-state index is -4.63. The molecule has 0 aliphatic heterocycles. The van der Waals surface area contributed by atoms with Crippen LogP contribution < -0.4 is 5.32 Å². The van der Waals surface area contributed by atoms with Crippen LogP contribution in [-0.4, -0.2) is 21.1 Å². The molecule has 1 aromatic carbocycles. The molecule has 0 bridgehead atoms. The zero-order chi connectivity index (χ0) is 19.1. The number of nitrogens with zero attached hydrogens (tertiary/aromatic N) is 3. The van der Waals surface area contributed by atoms with Crippen LogP contribution >= 0.6 is 11.6 Å². The molecule has 8 heteroatoms. The van der Waals surface area contributed by atoms with Gasteiger partial charge in [0.1, 0.15) is 5.82 Å². The standard InChI is InChI=1S/C18H18ClF3N4/c1-10(2)9-23-14-8-11(3)24-17-15(12-6-4-5-7-13(12)19)16(18(20,21)22)25-26(14)17/h4-8,10,23H,9H2,1-3H3. The van der Waals surface area contributed by atoms with Crippen molar-refractivity contribution in [2.24, 2.45) is 5.92 Å². The highest BCUT2D eigenvalue weighted by Crippen LogP contribution is 2.41. The predicted molar refractivity (Wildman–Crippen MR) is 96.5 cm³/mol. The lowest BCUT2D eigenvalue weighted by Crippen LogP contribution is -2.13. The molecule has 1 N–H and O–H groups in total. The molecular weight excluding hydrogens is 365 g/mol. The number of aryl methyl sites for hydroxylation is 1. The fourth-order valence-corrected chi connectivity index (χ4v) is 2.91. The molecule has 138 valence electrons. The minimum Gasteiger partial charge on any atom is -0.370 e. The van der Waals surface area contributed by atoms with E-state index in [2.05, 4.69) is 15.4 Å². The summed E-state index contributed by atoms with van der Waals surface area (Å²) in [6.45, 7) is 6.35. The molecular formula is C18H18ClF3N4. The molecule has 0 aliphatic carbocycles. The third-order valence-electron chi connectivity index (χ3n) is 3.82. The molecule has 0 saturated heterocycles. The SMILES string of the molecule is Cc1cc(NCC(C)C)n2nc(C(F)(F)F)c(-c3ccccc3Cl)c2n1. The van der Waals surface area contributed by atoms with Crippen LogP contribution in [0.1, 0.15) is 25.2 Å². The maximum atomic E-state index is 13.7. The summed E-state index contributed by atoms with van der Waals surface area (Å²) in [5.41, 5.74) is -0.150. The molecule has 3 rings (SSSR count). The molecule has 2 aromatic heterocycles. The fourth-order valence-electron chi connectivity index (χ4n) is 2.68. The second-order valence-corrected chi connectivity index (χ2v) is 6.90. The Hall–Kier alpha value is -2.28. The van der Waals surface area contributed by atoms with E-state index >= 15 is 0 Å². The first-order chi connectivity index (χ1) is 12.2. The zero-order valence-electron chi connectivity index (χ0n) is 14.5. The Balaban J connectivity index is 2.33. The van der Waals surface area contributed by atoms with Gasteiger partial charge in [-0.2, -0.15) is 22.8 Å². The van der Waals surface area contributed by atoms with E-state index in [0.717, 1.165) is 0 Å². The van der Waals surface area contributed by atoms with E-state index in [1.165, 1.54) is 4.52 Å². The second kappa shape index (κ2) is 6.79. The number of alkyl halides is 3. The van der Waals surface area contributed by atoms with Crippen LogP contribution in [0.2, 0.25) is 5.02 Å². The number of aromatic nitrogens is 3. The summed E-state index contributed by atoms with van der Waals surface area (Å²) >= 11 is 6.17.